The lowest BCUT2D eigenvalue weighted by Crippen LogP contribution is -2.34. The summed E-state index contributed by atoms with van der Waals surface area (Å²) in [4.78, 5) is 1.13. The summed E-state index contributed by atoms with van der Waals surface area (Å²) in [5.74, 6) is 0. The van der Waals surface area contributed by atoms with Crippen molar-refractivity contribution in [1.82, 2.24) is 0 Å². The number of nitriles is 1. The number of halogens is 4. The number of hydrogen-bond acceptors (Lipinski definition) is 2. The van der Waals surface area contributed by atoms with Gasteiger partial charge in [-0.1, -0.05) is 6.07 Å². The molecule has 6 heteroatoms. The van der Waals surface area contributed by atoms with Crippen molar-refractivity contribution in [2.45, 2.75) is 13.1 Å². The normalized spacial score (nSPS) is 11.1. The van der Waals surface area contributed by atoms with Crippen molar-refractivity contribution >= 4 is 21.6 Å². The van der Waals surface area contributed by atoms with Crippen LogP contribution in [0.15, 0.2) is 22.7 Å². The van der Waals surface area contributed by atoms with Crippen LogP contribution in [0.4, 0.5) is 18.9 Å². The van der Waals surface area contributed by atoms with E-state index >= 15 is 0 Å². The Bertz CT molecular complexity index is 437. The topological polar surface area (TPSA) is 27.0 Å². The minimum Gasteiger partial charge on any atom is -0.362 e. The highest BCUT2D eigenvalue weighted by Gasteiger charge is 2.31. The average molecular weight is 307 g/mol. The molecule has 0 unspecified atom stereocenters. The summed E-state index contributed by atoms with van der Waals surface area (Å²) in [5.41, 5.74) is 0.514. The minimum atomic E-state index is -4.29. The molecule has 0 heterocycles. The Balaban J connectivity index is 3.13. The van der Waals surface area contributed by atoms with Crippen LogP contribution in [0.5, 0.6) is 0 Å². The van der Waals surface area contributed by atoms with Gasteiger partial charge in [-0.3, -0.25) is 0 Å². The van der Waals surface area contributed by atoms with Crippen molar-refractivity contribution in [2.24, 2.45) is 0 Å². The summed E-state index contributed by atoms with van der Waals surface area (Å²) in [6.07, 6.45) is -4.29. The molecule has 0 aliphatic carbocycles. The van der Waals surface area contributed by atoms with Gasteiger partial charge in [-0.15, -0.1) is 0 Å². The molecule has 17 heavy (non-hydrogen) atoms. The molecular weight excluding hydrogens is 297 g/mol. The minimum absolute atomic E-state index is 0.185. The molecule has 92 valence electrons. The van der Waals surface area contributed by atoms with Crippen molar-refractivity contribution in [2.75, 3.05) is 18.0 Å². The number of nitrogens with zero attached hydrogens (tertiary/aromatic N) is 2. The number of rotatable bonds is 3. The van der Waals surface area contributed by atoms with Crippen LogP contribution in [-0.2, 0) is 0 Å². The van der Waals surface area contributed by atoms with E-state index in [0.29, 0.717) is 10.2 Å². The Kier molecular flexibility index (Phi) is 4.40. The molecule has 0 aliphatic rings. The van der Waals surface area contributed by atoms with Gasteiger partial charge >= 0.3 is 6.18 Å². The van der Waals surface area contributed by atoms with Gasteiger partial charge in [0, 0.05) is 11.0 Å². The zero-order valence-corrected chi connectivity index (χ0v) is 10.6. The van der Waals surface area contributed by atoms with Crippen LogP contribution >= 0.6 is 15.9 Å². The summed E-state index contributed by atoms with van der Waals surface area (Å²) in [7, 11) is 0. The Hall–Kier alpha value is -1.22. The predicted molar refractivity (Wildman–Crippen MR) is 62.8 cm³/mol. The molecule has 0 saturated carbocycles. The van der Waals surface area contributed by atoms with E-state index in [-0.39, 0.29) is 12.1 Å². The number of anilines is 1. The van der Waals surface area contributed by atoms with Gasteiger partial charge in [-0.2, -0.15) is 18.4 Å². The zero-order chi connectivity index (χ0) is 13.1. The van der Waals surface area contributed by atoms with Crippen molar-refractivity contribution in [3.8, 4) is 6.07 Å². The smallest absolute Gasteiger partial charge is 0.362 e. The molecule has 0 aromatic heterocycles. The Morgan fingerprint density at radius 2 is 2.06 bits per heavy atom. The van der Waals surface area contributed by atoms with Crippen LogP contribution in [0.1, 0.15) is 12.5 Å². The van der Waals surface area contributed by atoms with Crippen LogP contribution in [0.3, 0.4) is 0 Å². The van der Waals surface area contributed by atoms with E-state index in [2.05, 4.69) is 15.9 Å². The van der Waals surface area contributed by atoms with Gasteiger partial charge in [0.2, 0.25) is 0 Å². The lowest BCUT2D eigenvalue weighted by Gasteiger charge is -2.25. The van der Waals surface area contributed by atoms with E-state index < -0.39 is 12.7 Å². The lowest BCUT2D eigenvalue weighted by atomic mass is 10.1. The highest BCUT2D eigenvalue weighted by atomic mass is 79.9. The third kappa shape index (κ3) is 3.63. The predicted octanol–water partition coefficient (Wildman–Crippen LogP) is 3.71. The first kappa shape index (κ1) is 13.8. The van der Waals surface area contributed by atoms with E-state index in [1.54, 1.807) is 19.1 Å². The Morgan fingerprint density at radius 1 is 1.41 bits per heavy atom. The summed E-state index contributed by atoms with van der Waals surface area (Å²) in [6.45, 7) is 0.743. The molecule has 0 spiro atoms. The van der Waals surface area contributed by atoms with Gasteiger partial charge in [0.05, 0.1) is 11.3 Å². The summed E-state index contributed by atoms with van der Waals surface area (Å²) in [5, 5.41) is 8.95. The van der Waals surface area contributed by atoms with Crippen molar-refractivity contribution in [3.05, 3.63) is 28.2 Å². The largest absolute Gasteiger partial charge is 0.405 e. The molecule has 0 atom stereocenters. The molecule has 1 aromatic carbocycles. The molecule has 0 fully saturated rings. The first-order valence-corrected chi connectivity index (χ1v) is 5.68. The van der Waals surface area contributed by atoms with Gasteiger partial charge in [-0.25, -0.2) is 0 Å². The fourth-order valence-corrected chi connectivity index (χ4v) is 1.92. The molecule has 0 radical (unpaired) electrons. The fourth-order valence-electron chi connectivity index (χ4n) is 1.47. The van der Waals surface area contributed by atoms with E-state index in [1.165, 1.54) is 6.07 Å². The third-order valence-corrected chi connectivity index (χ3v) is 2.86. The van der Waals surface area contributed by atoms with Crippen molar-refractivity contribution in [3.63, 3.8) is 0 Å². The van der Waals surface area contributed by atoms with Crippen LogP contribution in [-0.4, -0.2) is 19.3 Å². The molecule has 0 bridgehead atoms. The van der Waals surface area contributed by atoms with Gasteiger partial charge in [-0.05, 0) is 35.0 Å². The van der Waals surface area contributed by atoms with E-state index in [1.807, 2.05) is 6.07 Å². The number of alkyl halides is 3. The molecule has 1 rings (SSSR count). The standard InChI is InChI=1S/C11H10BrF3N2/c1-2-17(7-11(13,14)15)10-5-3-4-9(12)8(10)6-16/h3-5H,2,7H2,1H3. The molecule has 0 saturated heterocycles. The maximum absolute atomic E-state index is 12.4. The van der Waals surface area contributed by atoms with Crippen molar-refractivity contribution in [1.29, 1.82) is 5.26 Å². The van der Waals surface area contributed by atoms with Gasteiger partial charge in [0.1, 0.15) is 12.6 Å². The van der Waals surface area contributed by atoms with E-state index in [0.717, 1.165) is 4.90 Å². The monoisotopic (exact) mass is 306 g/mol. The lowest BCUT2D eigenvalue weighted by molar-refractivity contribution is -0.119. The van der Waals surface area contributed by atoms with Crippen LogP contribution in [0.25, 0.3) is 0 Å². The molecule has 0 aliphatic heterocycles. The quantitative estimate of drug-likeness (QED) is 0.851. The number of benzene rings is 1. The van der Waals surface area contributed by atoms with Crippen molar-refractivity contribution < 1.29 is 13.2 Å². The van der Waals surface area contributed by atoms with E-state index in [4.69, 9.17) is 5.26 Å². The Labute approximate surface area is 106 Å². The first-order chi connectivity index (χ1) is 7.89. The second-order valence-electron chi connectivity index (χ2n) is 3.38. The summed E-state index contributed by atoms with van der Waals surface area (Å²) >= 11 is 3.15. The SMILES string of the molecule is CCN(CC(F)(F)F)c1cccc(Br)c1C#N. The third-order valence-electron chi connectivity index (χ3n) is 2.20. The maximum Gasteiger partial charge on any atom is 0.405 e. The first-order valence-electron chi connectivity index (χ1n) is 4.89. The zero-order valence-electron chi connectivity index (χ0n) is 9.05. The maximum atomic E-state index is 12.4. The molecule has 0 N–H and O–H groups in total. The average Bonchev–Trinajstić information content (AvgIpc) is 2.24. The molecular formula is C11H10BrF3N2. The van der Waals surface area contributed by atoms with Crippen LogP contribution in [0.2, 0.25) is 0 Å². The number of hydrogen-bond donors (Lipinski definition) is 0. The molecule has 1 aromatic rings. The molecule has 0 amide bonds. The van der Waals surface area contributed by atoms with E-state index in [9.17, 15) is 13.2 Å². The molecule has 2 nitrogen and oxygen atoms in total. The van der Waals surface area contributed by atoms with Gasteiger partial charge in [0.25, 0.3) is 0 Å². The van der Waals surface area contributed by atoms with Gasteiger partial charge in [0.15, 0.2) is 0 Å². The Morgan fingerprint density at radius 3 is 2.53 bits per heavy atom. The highest BCUT2D eigenvalue weighted by Crippen LogP contribution is 2.29. The van der Waals surface area contributed by atoms with Crippen LogP contribution in [0, 0.1) is 11.3 Å². The van der Waals surface area contributed by atoms with Gasteiger partial charge < -0.3 is 4.90 Å². The second kappa shape index (κ2) is 5.41. The van der Waals surface area contributed by atoms with Crippen LogP contribution < -0.4 is 4.90 Å². The summed E-state index contributed by atoms with van der Waals surface area (Å²) in [6, 6.07) is 6.66. The second-order valence-corrected chi connectivity index (χ2v) is 4.23. The highest BCUT2D eigenvalue weighted by molar-refractivity contribution is 9.10. The fraction of sp³-hybridized carbons (Fsp3) is 0.364. The summed E-state index contributed by atoms with van der Waals surface area (Å²) < 4.78 is 37.6.